The highest BCUT2D eigenvalue weighted by molar-refractivity contribution is 5.96. The van der Waals surface area contributed by atoms with Crippen molar-refractivity contribution in [2.45, 2.75) is 20.4 Å². The van der Waals surface area contributed by atoms with Gasteiger partial charge in [0.05, 0.1) is 5.56 Å². The summed E-state index contributed by atoms with van der Waals surface area (Å²) in [5, 5.41) is 11.9. The third-order valence-corrected chi connectivity index (χ3v) is 4.16. The molecule has 0 aliphatic rings. The second-order valence-electron chi connectivity index (χ2n) is 6.23. The maximum atomic E-state index is 12.5. The van der Waals surface area contributed by atoms with Gasteiger partial charge in [-0.15, -0.1) is 10.2 Å². The summed E-state index contributed by atoms with van der Waals surface area (Å²) in [6, 6.07) is 15.6. The summed E-state index contributed by atoms with van der Waals surface area (Å²) in [4.78, 5) is 12.5. The Bertz CT molecular complexity index is 1090. The highest BCUT2D eigenvalue weighted by atomic mass is 16.4. The lowest BCUT2D eigenvalue weighted by Crippen LogP contribution is -2.18. The Labute approximate surface area is 150 Å². The van der Waals surface area contributed by atoms with Crippen LogP contribution >= 0.6 is 0 Å². The summed E-state index contributed by atoms with van der Waals surface area (Å²) >= 11 is 0. The highest BCUT2D eigenvalue weighted by Crippen LogP contribution is 2.29. The SMILES string of the molecule is Cc1cccc(NC(=O)Cn2cc(-c3nnc(C)o3)c3ccccc32)c1. The van der Waals surface area contributed by atoms with Gasteiger partial charge in [-0.05, 0) is 30.7 Å². The Kier molecular flexibility index (Phi) is 4.01. The number of aryl methyl sites for hydroxylation is 2. The quantitative estimate of drug-likeness (QED) is 0.607. The normalized spacial score (nSPS) is 11.0. The fourth-order valence-corrected chi connectivity index (χ4v) is 3.03. The fourth-order valence-electron chi connectivity index (χ4n) is 3.03. The summed E-state index contributed by atoms with van der Waals surface area (Å²) < 4.78 is 7.47. The van der Waals surface area contributed by atoms with Crippen molar-refractivity contribution in [2.75, 3.05) is 5.32 Å². The van der Waals surface area contributed by atoms with Crippen molar-refractivity contribution in [2.24, 2.45) is 0 Å². The Morgan fingerprint density at radius 2 is 1.96 bits per heavy atom. The molecule has 4 rings (SSSR count). The van der Waals surface area contributed by atoms with Crippen LogP contribution in [-0.2, 0) is 11.3 Å². The van der Waals surface area contributed by atoms with Gasteiger partial charge >= 0.3 is 0 Å². The van der Waals surface area contributed by atoms with E-state index >= 15 is 0 Å². The minimum absolute atomic E-state index is 0.0930. The van der Waals surface area contributed by atoms with Crippen LogP contribution < -0.4 is 5.32 Å². The zero-order chi connectivity index (χ0) is 18.1. The van der Waals surface area contributed by atoms with Crippen molar-refractivity contribution in [3.05, 3.63) is 66.2 Å². The van der Waals surface area contributed by atoms with Gasteiger partial charge in [0.1, 0.15) is 6.54 Å². The van der Waals surface area contributed by atoms with Crippen LogP contribution in [0.1, 0.15) is 11.5 Å². The Morgan fingerprint density at radius 3 is 2.73 bits per heavy atom. The van der Waals surface area contributed by atoms with Crippen molar-refractivity contribution < 1.29 is 9.21 Å². The van der Waals surface area contributed by atoms with Gasteiger partial charge in [0.2, 0.25) is 17.7 Å². The highest BCUT2D eigenvalue weighted by Gasteiger charge is 2.16. The number of aromatic nitrogens is 3. The Hall–Kier alpha value is -3.41. The number of carbonyl (C=O) groups excluding carboxylic acids is 1. The van der Waals surface area contributed by atoms with Gasteiger partial charge in [-0.1, -0.05) is 30.3 Å². The molecule has 0 atom stereocenters. The van der Waals surface area contributed by atoms with E-state index in [0.29, 0.717) is 11.8 Å². The van der Waals surface area contributed by atoms with E-state index in [2.05, 4.69) is 15.5 Å². The van der Waals surface area contributed by atoms with Gasteiger partial charge in [0.25, 0.3) is 0 Å². The van der Waals surface area contributed by atoms with E-state index in [1.54, 1.807) is 6.92 Å². The number of nitrogens with one attached hydrogen (secondary N) is 1. The van der Waals surface area contributed by atoms with Crippen molar-refractivity contribution in [3.8, 4) is 11.5 Å². The molecule has 2 heterocycles. The average molecular weight is 346 g/mol. The topological polar surface area (TPSA) is 73.0 Å². The predicted molar refractivity (Wildman–Crippen MR) is 99.8 cm³/mol. The summed E-state index contributed by atoms with van der Waals surface area (Å²) in [5.74, 6) is 0.871. The summed E-state index contributed by atoms with van der Waals surface area (Å²) in [5.41, 5.74) is 3.66. The minimum atomic E-state index is -0.0930. The van der Waals surface area contributed by atoms with E-state index in [1.165, 1.54) is 0 Å². The van der Waals surface area contributed by atoms with Crippen molar-refractivity contribution in [3.63, 3.8) is 0 Å². The van der Waals surface area contributed by atoms with Crippen LogP contribution in [0.4, 0.5) is 5.69 Å². The molecule has 0 aliphatic carbocycles. The summed E-state index contributed by atoms with van der Waals surface area (Å²) in [6.07, 6.45) is 1.88. The summed E-state index contributed by atoms with van der Waals surface area (Å²) in [6.45, 7) is 3.94. The number of hydrogen-bond acceptors (Lipinski definition) is 4. The van der Waals surface area contributed by atoms with E-state index < -0.39 is 0 Å². The number of para-hydroxylation sites is 1. The van der Waals surface area contributed by atoms with E-state index in [-0.39, 0.29) is 12.5 Å². The molecule has 0 fully saturated rings. The first kappa shape index (κ1) is 16.1. The molecule has 0 spiro atoms. The van der Waals surface area contributed by atoms with Gasteiger partial charge in [0.15, 0.2) is 0 Å². The first-order valence-electron chi connectivity index (χ1n) is 8.35. The largest absolute Gasteiger partial charge is 0.421 e. The smallest absolute Gasteiger partial charge is 0.249 e. The van der Waals surface area contributed by atoms with Crippen LogP contribution in [0.2, 0.25) is 0 Å². The van der Waals surface area contributed by atoms with E-state index in [4.69, 9.17) is 4.42 Å². The third-order valence-electron chi connectivity index (χ3n) is 4.16. The molecular weight excluding hydrogens is 328 g/mol. The minimum Gasteiger partial charge on any atom is -0.421 e. The number of hydrogen-bond donors (Lipinski definition) is 1. The van der Waals surface area contributed by atoms with E-state index in [9.17, 15) is 4.79 Å². The summed E-state index contributed by atoms with van der Waals surface area (Å²) in [7, 11) is 0. The van der Waals surface area contributed by atoms with Gasteiger partial charge in [-0.3, -0.25) is 4.79 Å². The average Bonchev–Trinajstić information content (AvgIpc) is 3.19. The third kappa shape index (κ3) is 3.09. The lowest BCUT2D eigenvalue weighted by atomic mass is 10.2. The molecule has 6 nitrogen and oxygen atoms in total. The van der Waals surface area contributed by atoms with Crippen LogP contribution in [0.15, 0.2) is 59.1 Å². The van der Waals surface area contributed by atoms with Gasteiger partial charge in [0, 0.05) is 29.7 Å². The van der Waals surface area contributed by atoms with Crippen LogP contribution in [0.3, 0.4) is 0 Å². The number of benzene rings is 2. The molecule has 2 aromatic heterocycles. The predicted octanol–water partition coefficient (Wildman–Crippen LogP) is 3.95. The molecule has 2 aromatic carbocycles. The Balaban J connectivity index is 1.65. The van der Waals surface area contributed by atoms with Crippen LogP contribution in [0.25, 0.3) is 22.4 Å². The van der Waals surface area contributed by atoms with Crippen molar-refractivity contribution in [1.29, 1.82) is 0 Å². The second-order valence-corrected chi connectivity index (χ2v) is 6.23. The van der Waals surface area contributed by atoms with Gasteiger partial charge in [-0.2, -0.15) is 0 Å². The number of fused-ring (bicyclic) bond motifs is 1. The molecule has 0 radical (unpaired) electrons. The molecular formula is C20H18N4O2. The first-order valence-corrected chi connectivity index (χ1v) is 8.35. The fraction of sp³-hybridized carbons (Fsp3) is 0.150. The molecule has 1 amide bonds. The molecule has 4 aromatic rings. The number of carbonyl (C=O) groups is 1. The molecule has 130 valence electrons. The van der Waals surface area contributed by atoms with E-state index in [1.807, 2.05) is 66.2 Å². The van der Waals surface area contributed by atoms with Crippen LogP contribution in [-0.4, -0.2) is 20.7 Å². The number of amides is 1. The van der Waals surface area contributed by atoms with Gasteiger partial charge in [-0.25, -0.2) is 0 Å². The number of anilines is 1. The number of nitrogens with zero attached hydrogens (tertiary/aromatic N) is 3. The lowest BCUT2D eigenvalue weighted by Gasteiger charge is -2.08. The molecule has 0 unspecified atom stereocenters. The maximum Gasteiger partial charge on any atom is 0.249 e. The van der Waals surface area contributed by atoms with Crippen LogP contribution in [0, 0.1) is 13.8 Å². The van der Waals surface area contributed by atoms with Crippen molar-refractivity contribution >= 4 is 22.5 Å². The molecule has 26 heavy (non-hydrogen) atoms. The molecule has 1 N–H and O–H groups in total. The first-order chi connectivity index (χ1) is 12.6. The zero-order valence-corrected chi connectivity index (χ0v) is 14.6. The van der Waals surface area contributed by atoms with Gasteiger partial charge < -0.3 is 14.3 Å². The zero-order valence-electron chi connectivity index (χ0n) is 14.6. The standard InChI is InChI=1S/C20H18N4O2/c1-13-6-5-7-15(10-13)21-19(25)12-24-11-17(20-23-22-14(2)26-20)16-8-3-4-9-18(16)24/h3-11H,12H2,1-2H3,(H,21,25). The van der Waals surface area contributed by atoms with Crippen LogP contribution in [0.5, 0.6) is 0 Å². The molecule has 0 saturated heterocycles. The monoisotopic (exact) mass is 346 g/mol. The molecule has 0 bridgehead atoms. The number of rotatable bonds is 4. The van der Waals surface area contributed by atoms with E-state index in [0.717, 1.165) is 27.7 Å². The molecule has 0 saturated carbocycles. The lowest BCUT2D eigenvalue weighted by molar-refractivity contribution is -0.116. The second kappa shape index (κ2) is 6.48. The van der Waals surface area contributed by atoms with Crippen molar-refractivity contribution in [1.82, 2.24) is 14.8 Å². The molecule has 0 aliphatic heterocycles. The molecule has 6 heteroatoms. The Morgan fingerprint density at radius 1 is 1.12 bits per heavy atom. The maximum absolute atomic E-state index is 12.5.